The topological polar surface area (TPSA) is 20.2 Å². The number of hydrogen-bond donors (Lipinski definition) is 1. The number of allylic oxidation sites excluding steroid dienone is 3. The van der Waals surface area contributed by atoms with E-state index in [-0.39, 0.29) is 11.5 Å². The zero-order valence-corrected chi connectivity index (χ0v) is 9.80. The first-order valence-corrected chi connectivity index (χ1v) is 5.49. The molecule has 0 spiro atoms. The second kappa shape index (κ2) is 4.31. The van der Waals surface area contributed by atoms with Crippen LogP contribution in [0.4, 0.5) is 0 Å². The maximum Gasteiger partial charge on any atom is 0.0546 e. The van der Waals surface area contributed by atoms with Gasteiger partial charge < -0.3 is 5.11 Å². The van der Waals surface area contributed by atoms with Crippen LogP contribution in [-0.2, 0) is 0 Å². The summed E-state index contributed by atoms with van der Waals surface area (Å²) < 4.78 is 0. The summed E-state index contributed by atoms with van der Waals surface area (Å²) in [6.07, 6.45) is 7.45. The molecule has 1 aliphatic rings. The summed E-state index contributed by atoms with van der Waals surface area (Å²) in [6, 6.07) is 0. The Kier molecular flexibility index (Phi) is 3.54. The van der Waals surface area contributed by atoms with E-state index in [0.29, 0.717) is 0 Å². The number of hydrogen-bond acceptors (Lipinski definition) is 1. The highest BCUT2D eigenvalue weighted by atomic mass is 16.3. The van der Waals surface area contributed by atoms with Crippen LogP contribution in [0.2, 0.25) is 0 Å². The van der Waals surface area contributed by atoms with Crippen LogP contribution in [0.5, 0.6) is 0 Å². The SMILES string of the molecule is CC1=CCCC(C)(C)C1=CC[C@@H](C)O. The molecule has 0 aromatic heterocycles. The third kappa shape index (κ3) is 2.71. The Bertz CT molecular complexity index is 256. The van der Waals surface area contributed by atoms with Crippen LogP contribution in [0.25, 0.3) is 0 Å². The first-order valence-electron chi connectivity index (χ1n) is 5.49. The fraction of sp³-hybridized carbons (Fsp3) is 0.692. The Balaban J connectivity index is 2.85. The third-order valence-corrected chi connectivity index (χ3v) is 3.04. The minimum absolute atomic E-state index is 0.229. The van der Waals surface area contributed by atoms with Crippen LogP contribution in [0.15, 0.2) is 23.3 Å². The lowest BCUT2D eigenvalue weighted by atomic mass is 9.73. The Morgan fingerprint density at radius 2 is 2.21 bits per heavy atom. The fourth-order valence-corrected chi connectivity index (χ4v) is 2.15. The number of aliphatic hydroxyl groups is 1. The molecule has 0 aliphatic heterocycles. The highest BCUT2D eigenvalue weighted by molar-refractivity contribution is 5.36. The lowest BCUT2D eigenvalue weighted by Gasteiger charge is -2.32. The van der Waals surface area contributed by atoms with Gasteiger partial charge in [0.2, 0.25) is 0 Å². The van der Waals surface area contributed by atoms with Crippen molar-refractivity contribution in [1.29, 1.82) is 0 Å². The lowest BCUT2D eigenvalue weighted by molar-refractivity contribution is 0.197. The van der Waals surface area contributed by atoms with E-state index in [0.717, 1.165) is 6.42 Å². The van der Waals surface area contributed by atoms with Crippen molar-refractivity contribution in [2.24, 2.45) is 5.41 Å². The molecule has 1 N–H and O–H groups in total. The maximum absolute atomic E-state index is 9.28. The van der Waals surface area contributed by atoms with Crippen LogP contribution in [-0.4, -0.2) is 11.2 Å². The molecule has 1 heteroatoms. The monoisotopic (exact) mass is 194 g/mol. The summed E-state index contributed by atoms with van der Waals surface area (Å²) in [7, 11) is 0. The minimum Gasteiger partial charge on any atom is -0.393 e. The quantitative estimate of drug-likeness (QED) is 0.714. The second-order valence-corrected chi connectivity index (χ2v) is 5.01. The van der Waals surface area contributed by atoms with Crippen LogP contribution in [0.1, 0.15) is 47.0 Å². The normalized spacial score (nSPS) is 26.1. The molecule has 14 heavy (non-hydrogen) atoms. The first kappa shape index (κ1) is 11.5. The molecule has 80 valence electrons. The second-order valence-electron chi connectivity index (χ2n) is 5.01. The van der Waals surface area contributed by atoms with Gasteiger partial charge in [-0.25, -0.2) is 0 Å². The van der Waals surface area contributed by atoms with Crippen molar-refractivity contribution in [3.05, 3.63) is 23.3 Å². The summed E-state index contributed by atoms with van der Waals surface area (Å²) in [5.41, 5.74) is 3.10. The standard InChI is InChI=1S/C13H22O/c1-10-6-5-9-13(3,4)12(10)8-7-11(2)14/h6,8,11,14H,5,7,9H2,1-4H3/t11-/m1/s1. The van der Waals surface area contributed by atoms with Crippen molar-refractivity contribution in [2.45, 2.75) is 53.1 Å². The van der Waals surface area contributed by atoms with E-state index in [9.17, 15) is 5.11 Å². The summed E-state index contributed by atoms with van der Waals surface area (Å²) in [5.74, 6) is 0. The Morgan fingerprint density at radius 3 is 2.71 bits per heavy atom. The van der Waals surface area contributed by atoms with Gasteiger partial charge in [-0.3, -0.25) is 0 Å². The molecule has 0 saturated heterocycles. The molecule has 0 radical (unpaired) electrons. The Hall–Kier alpha value is -0.560. The molecule has 1 atom stereocenters. The van der Waals surface area contributed by atoms with E-state index >= 15 is 0 Å². The Morgan fingerprint density at radius 1 is 1.57 bits per heavy atom. The number of rotatable bonds is 2. The van der Waals surface area contributed by atoms with Gasteiger partial charge in [0.05, 0.1) is 6.10 Å². The molecule has 0 aromatic rings. The van der Waals surface area contributed by atoms with E-state index in [1.54, 1.807) is 0 Å². The van der Waals surface area contributed by atoms with Crippen molar-refractivity contribution in [1.82, 2.24) is 0 Å². The van der Waals surface area contributed by atoms with Gasteiger partial charge in [0.25, 0.3) is 0 Å². The third-order valence-electron chi connectivity index (χ3n) is 3.04. The van der Waals surface area contributed by atoms with E-state index in [1.807, 2.05) is 6.92 Å². The largest absolute Gasteiger partial charge is 0.393 e. The average Bonchev–Trinajstić information content (AvgIpc) is 2.01. The summed E-state index contributed by atoms with van der Waals surface area (Å²) in [4.78, 5) is 0. The van der Waals surface area contributed by atoms with E-state index < -0.39 is 0 Å². The molecule has 1 aliphatic carbocycles. The van der Waals surface area contributed by atoms with Gasteiger partial charge in [0.15, 0.2) is 0 Å². The predicted molar refractivity (Wildman–Crippen MR) is 61.2 cm³/mol. The van der Waals surface area contributed by atoms with Crippen LogP contribution >= 0.6 is 0 Å². The molecule has 0 saturated carbocycles. The highest BCUT2D eigenvalue weighted by Gasteiger charge is 2.26. The van der Waals surface area contributed by atoms with Crippen molar-refractivity contribution < 1.29 is 5.11 Å². The van der Waals surface area contributed by atoms with Crippen molar-refractivity contribution >= 4 is 0 Å². The van der Waals surface area contributed by atoms with E-state index in [1.165, 1.54) is 24.0 Å². The molecule has 0 bridgehead atoms. The van der Waals surface area contributed by atoms with Gasteiger partial charge in [0.1, 0.15) is 0 Å². The molecular weight excluding hydrogens is 172 g/mol. The van der Waals surface area contributed by atoms with Gasteiger partial charge in [-0.15, -0.1) is 0 Å². The zero-order valence-electron chi connectivity index (χ0n) is 9.80. The van der Waals surface area contributed by atoms with E-state index in [4.69, 9.17) is 0 Å². The van der Waals surface area contributed by atoms with Gasteiger partial charge in [-0.05, 0) is 44.1 Å². The first-order chi connectivity index (χ1) is 6.43. The summed E-state index contributed by atoms with van der Waals surface area (Å²) >= 11 is 0. The maximum atomic E-state index is 9.28. The highest BCUT2D eigenvalue weighted by Crippen LogP contribution is 2.40. The Labute approximate surface area is 87.5 Å². The molecule has 0 amide bonds. The van der Waals surface area contributed by atoms with Gasteiger partial charge in [-0.1, -0.05) is 31.6 Å². The minimum atomic E-state index is -0.229. The van der Waals surface area contributed by atoms with Crippen LogP contribution in [0.3, 0.4) is 0 Å². The zero-order chi connectivity index (χ0) is 10.8. The molecule has 1 nitrogen and oxygen atoms in total. The molecule has 1 rings (SSSR count). The molecule has 0 heterocycles. The molecular formula is C13H22O. The van der Waals surface area contributed by atoms with E-state index in [2.05, 4.69) is 32.9 Å². The lowest BCUT2D eigenvalue weighted by Crippen LogP contribution is -2.19. The smallest absolute Gasteiger partial charge is 0.0546 e. The molecule has 0 aromatic carbocycles. The van der Waals surface area contributed by atoms with Gasteiger partial charge in [-0.2, -0.15) is 0 Å². The van der Waals surface area contributed by atoms with Crippen molar-refractivity contribution in [2.75, 3.05) is 0 Å². The summed E-state index contributed by atoms with van der Waals surface area (Å²) in [5, 5.41) is 9.28. The van der Waals surface area contributed by atoms with Gasteiger partial charge >= 0.3 is 0 Å². The predicted octanol–water partition coefficient (Wildman–Crippen LogP) is 3.45. The van der Waals surface area contributed by atoms with Crippen molar-refractivity contribution in [3.8, 4) is 0 Å². The number of aliphatic hydroxyl groups excluding tert-OH is 1. The van der Waals surface area contributed by atoms with Gasteiger partial charge in [0, 0.05) is 0 Å². The molecule has 0 unspecified atom stereocenters. The molecule has 0 fully saturated rings. The summed E-state index contributed by atoms with van der Waals surface area (Å²) in [6.45, 7) is 8.59. The van der Waals surface area contributed by atoms with Crippen LogP contribution < -0.4 is 0 Å². The van der Waals surface area contributed by atoms with Crippen LogP contribution in [0, 0.1) is 5.41 Å². The average molecular weight is 194 g/mol. The fourth-order valence-electron chi connectivity index (χ4n) is 2.15. The van der Waals surface area contributed by atoms with Crippen molar-refractivity contribution in [3.63, 3.8) is 0 Å².